The molecule has 0 aromatic heterocycles. The lowest BCUT2D eigenvalue weighted by Gasteiger charge is -2.32. The molecule has 4 nitrogen and oxygen atoms in total. The first-order chi connectivity index (χ1) is 13.7. The van der Waals surface area contributed by atoms with Gasteiger partial charge in [-0.1, -0.05) is 24.3 Å². The quantitative estimate of drug-likeness (QED) is 0.743. The van der Waals surface area contributed by atoms with Crippen LogP contribution in [-0.4, -0.2) is 25.1 Å². The summed E-state index contributed by atoms with van der Waals surface area (Å²) in [6.07, 6.45) is 5.01. The van der Waals surface area contributed by atoms with Crippen LogP contribution in [0.15, 0.2) is 48.5 Å². The minimum atomic E-state index is 0.704. The Kier molecular flexibility index (Phi) is 7.47. The van der Waals surface area contributed by atoms with Crippen molar-refractivity contribution in [2.24, 2.45) is 17.6 Å². The van der Waals surface area contributed by atoms with E-state index in [1.54, 1.807) is 7.11 Å². The van der Waals surface area contributed by atoms with Crippen molar-refractivity contribution >= 4 is 0 Å². The molecule has 0 unspecified atom stereocenters. The summed E-state index contributed by atoms with van der Waals surface area (Å²) in [5.74, 6) is 2.32. The van der Waals surface area contributed by atoms with Crippen LogP contribution in [0.4, 0.5) is 0 Å². The maximum absolute atomic E-state index is 9.21. The summed E-state index contributed by atoms with van der Waals surface area (Å²) in [6, 6.07) is 18.5. The average molecular weight is 378 g/mol. The van der Waals surface area contributed by atoms with Crippen molar-refractivity contribution < 1.29 is 4.74 Å². The molecule has 2 N–H and O–H groups in total. The summed E-state index contributed by atoms with van der Waals surface area (Å²) in [7, 11) is 1.71. The Morgan fingerprint density at radius 3 is 2.29 bits per heavy atom. The fourth-order valence-corrected chi connectivity index (χ4v) is 4.23. The van der Waals surface area contributed by atoms with Crippen LogP contribution in [0.5, 0.6) is 5.75 Å². The third kappa shape index (κ3) is 5.82. The van der Waals surface area contributed by atoms with Gasteiger partial charge in [0.2, 0.25) is 0 Å². The van der Waals surface area contributed by atoms with Gasteiger partial charge < -0.3 is 10.5 Å². The number of nitriles is 1. The summed E-state index contributed by atoms with van der Waals surface area (Å²) < 4.78 is 5.39. The molecule has 3 rings (SSSR count). The average Bonchev–Trinajstić information content (AvgIpc) is 2.74. The molecule has 0 aliphatic heterocycles. The summed E-state index contributed by atoms with van der Waals surface area (Å²) in [5.41, 5.74) is 9.03. The maximum Gasteiger partial charge on any atom is 0.119 e. The van der Waals surface area contributed by atoms with E-state index in [4.69, 9.17) is 10.5 Å². The van der Waals surface area contributed by atoms with E-state index in [0.29, 0.717) is 11.8 Å². The Bertz CT molecular complexity index is 790. The van der Waals surface area contributed by atoms with Crippen LogP contribution in [0, 0.1) is 23.2 Å². The van der Waals surface area contributed by atoms with Crippen LogP contribution in [0.2, 0.25) is 0 Å². The van der Waals surface area contributed by atoms with Gasteiger partial charge in [-0.3, -0.25) is 4.90 Å². The van der Waals surface area contributed by atoms with Crippen LogP contribution in [0.25, 0.3) is 0 Å². The van der Waals surface area contributed by atoms with E-state index >= 15 is 0 Å². The highest BCUT2D eigenvalue weighted by Gasteiger charge is 2.22. The van der Waals surface area contributed by atoms with E-state index in [0.717, 1.165) is 37.5 Å². The molecule has 0 amide bonds. The monoisotopic (exact) mass is 377 g/mol. The molecule has 4 heteroatoms. The number of hydrogen-bond acceptors (Lipinski definition) is 4. The summed E-state index contributed by atoms with van der Waals surface area (Å²) in [6.45, 7) is 3.63. The maximum atomic E-state index is 9.21. The van der Waals surface area contributed by atoms with Crippen molar-refractivity contribution in [3.05, 3.63) is 65.2 Å². The zero-order chi connectivity index (χ0) is 19.8. The van der Waals surface area contributed by atoms with E-state index in [2.05, 4.69) is 35.2 Å². The summed E-state index contributed by atoms with van der Waals surface area (Å²) in [5, 5.41) is 9.21. The normalized spacial score (nSPS) is 19.4. The molecule has 0 atom stereocenters. The van der Waals surface area contributed by atoms with Gasteiger partial charge in [0, 0.05) is 19.6 Å². The smallest absolute Gasteiger partial charge is 0.119 e. The first kappa shape index (κ1) is 20.4. The summed E-state index contributed by atoms with van der Waals surface area (Å²) >= 11 is 0. The second-order valence-corrected chi connectivity index (χ2v) is 7.96. The second-order valence-electron chi connectivity index (χ2n) is 7.96. The Balaban J connectivity index is 1.72. The van der Waals surface area contributed by atoms with E-state index in [-0.39, 0.29) is 0 Å². The van der Waals surface area contributed by atoms with E-state index < -0.39 is 0 Å². The van der Waals surface area contributed by atoms with Crippen LogP contribution in [0.1, 0.15) is 42.4 Å². The Morgan fingerprint density at radius 2 is 1.64 bits per heavy atom. The predicted molar refractivity (Wildman–Crippen MR) is 113 cm³/mol. The van der Waals surface area contributed by atoms with Crippen molar-refractivity contribution in [1.82, 2.24) is 4.90 Å². The minimum absolute atomic E-state index is 0.704. The van der Waals surface area contributed by atoms with Crippen molar-refractivity contribution in [3.63, 3.8) is 0 Å². The number of hydrogen-bond donors (Lipinski definition) is 1. The van der Waals surface area contributed by atoms with Gasteiger partial charge in [0.1, 0.15) is 5.75 Å². The molecular formula is C24H31N3O. The lowest BCUT2D eigenvalue weighted by Crippen LogP contribution is -2.32. The van der Waals surface area contributed by atoms with Crippen LogP contribution in [-0.2, 0) is 13.1 Å². The first-order valence-corrected chi connectivity index (χ1v) is 10.2. The molecule has 28 heavy (non-hydrogen) atoms. The molecule has 1 aliphatic carbocycles. The van der Waals surface area contributed by atoms with Crippen LogP contribution in [0.3, 0.4) is 0 Å². The van der Waals surface area contributed by atoms with Crippen molar-refractivity contribution in [3.8, 4) is 11.8 Å². The van der Waals surface area contributed by atoms with E-state index in [1.807, 2.05) is 24.3 Å². The molecule has 2 aromatic carbocycles. The molecule has 0 saturated heterocycles. The molecule has 0 bridgehead atoms. The van der Waals surface area contributed by atoms with Crippen LogP contribution >= 0.6 is 0 Å². The lowest BCUT2D eigenvalue weighted by atomic mass is 9.82. The van der Waals surface area contributed by atoms with Gasteiger partial charge in [-0.25, -0.2) is 0 Å². The molecule has 1 saturated carbocycles. The number of rotatable bonds is 8. The minimum Gasteiger partial charge on any atom is -0.497 e. The predicted octanol–water partition coefficient (Wildman–Crippen LogP) is 4.33. The van der Waals surface area contributed by atoms with Crippen molar-refractivity contribution in [2.75, 3.05) is 20.2 Å². The van der Waals surface area contributed by atoms with E-state index in [9.17, 15) is 5.26 Å². The first-order valence-electron chi connectivity index (χ1n) is 10.2. The highest BCUT2D eigenvalue weighted by atomic mass is 16.5. The third-order valence-corrected chi connectivity index (χ3v) is 5.82. The largest absolute Gasteiger partial charge is 0.497 e. The fraction of sp³-hybridized carbons (Fsp3) is 0.458. The van der Waals surface area contributed by atoms with Gasteiger partial charge in [0.15, 0.2) is 0 Å². The van der Waals surface area contributed by atoms with Crippen molar-refractivity contribution in [2.45, 2.75) is 38.8 Å². The van der Waals surface area contributed by atoms with Crippen LogP contribution < -0.4 is 10.5 Å². The van der Waals surface area contributed by atoms with Gasteiger partial charge in [-0.2, -0.15) is 5.26 Å². The van der Waals surface area contributed by atoms with Gasteiger partial charge in [0.05, 0.1) is 18.7 Å². The highest BCUT2D eigenvalue weighted by Crippen LogP contribution is 2.29. The standard InChI is InChI=1S/C24H31N3O/c1-28-24-7-3-6-23(13-24)18-27(16-20-10-8-19(14-25)9-11-20)17-22-5-2-4-21(12-22)15-26/h2-7,12-13,19-20H,8-11,14,16-18,25H2,1H3. The molecule has 148 valence electrons. The molecule has 2 aromatic rings. The molecule has 0 radical (unpaired) electrons. The topological polar surface area (TPSA) is 62.3 Å². The van der Waals surface area contributed by atoms with Gasteiger partial charge in [0.25, 0.3) is 0 Å². The van der Waals surface area contributed by atoms with E-state index in [1.165, 1.54) is 36.8 Å². The van der Waals surface area contributed by atoms with Crippen molar-refractivity contribution in [1.29, 1.82) is 5.26 Å². The Morgan fingerprint density at radius 1 is 1.00 bits per heavy atom. The molecule has 0 spiro atoms. The van der Waals surface area contributed by atoms with Gasteiger partial charge in [-0.15, -0.1) is 0 Å². The summed E-state index contributed by atoms with van der Waals surface area (Å²) in [4.78, 5) is 2.51. The Hall–Kier alpha value is -2.35. The number of nitrogens with two attached hydrogens (primary N) is 1. The zero-order valence-electron chi connectivity index (χ0n) is 16.8. The Labute approximate surface area is 168 Å². The number of methoxy groups -OCH3 is 1. The highest BCUT2D eigenvalue weighted by molar-refractivity contribution is 5.33. The number of benzene rings is 2. The fourth-order valence-electron chi connectivity index (χ4n) is 4.23. The number of ether oxygens (including phenoxy) is 1. The SMILES string of the molecule is COc1cccc(CN(Cc2cccc(C#N)c2)CC2CCC(CN)CC2)c1. The third-order valence-electron chi connectivity index (χ3n) is 5.82. The van der Waals surface area contributed by atoms with Gasteiger partial charge >= 0.3 is 0 Å². The molecular weight excluding hydrogens is 346 g/mol. The second kappa shape index (κ2) is 10.3. The zero-order valence-corrected chi connectivity index (χ0v) is 16.8. The molecule has 1 aliphatic rings. The van der Waals surface area contributed by atoms with Gasteiger partial charge in [-0.05, 0) is 79.5 Å². The molecule has 1 fully saturated rings. The molecule has 0 heterocycles. The lowest BCUT2D eigenvalue weighted by molar-refractivity contribution is 0.170. The number of nitrogens with zero attached hydrogens (tertiary/aromatic N) is 2.